The third-order valence-electron chi connectivity index (χ3n) is 3.41. The van der Waals surface area contributed by atoms with E-state index in [0.29, 0.717) is 15.1 Å². The molecule has 0 N–H and O–H groups in total. The lowest BCUT2D eigenvalue weighted by Crippen LogP contribution is -2.42. The van der Waals surface area contributed by atoms with E-state index in [1.807, 2.05) is 0 Å². The van der Waals surface area contributed by atoms with Gasteiger partial charge < -0.3 is 4.90 Å². The van der Waals surface area contributed by atoms with E-state index >= 15 is 0 Å². The van der Waals surface area contributed by atoms with Crippen molar-refractivity contribution < 1.29 is 18.0 Å². The summed E-state index contributed by atoms with van der Waals surface area (Å²) in [6.07, 6.45) is -4.25. The SMILES string of the molecule is O=C(c1ccc(Cl)cc1Br)N1CCC(C(F)(F)F)CC1. The Kier molecular flexibility index (Phi) is 4.64. The van der Waals surface area contributed by atoms with E-state index in [-0.39, 0.29) is 31.8 Å². The molecule has 1 fully saturated rings. The molecule has 110 valence electrons. The van der Waals surface area contributed by atoms with E-state index in [1.165, 1.54) is 4.90 Å². The molecule has 1 aromatic carbocycles. The Bertz CT molecular complexity index is 513. The van der Waals surface area contributed by atoms with Gasteiger partial charge in [0, 0.05) is 22.6 Å². The molecular formula is C13H12BrClF3NO. The summed E-state index contributed by atoms with van der Waals surface area (Å²) in [6.45, 7) is 0.246. The van der Waals surface area contributed by atoms with Gasteiger partial charge in [-0.15, -0.1) is 0 Å². The third kappa shape index (κ3) is 3.47. The number of rotatable bonds is 1. The maximum absolute atomic E-state index is 12.6. The third-order valence-corrected chi connectivity index (χ3v) is 4.30. The molecule has 7 heteroatoms. The fourth-order valence-corrected chi connectivity index (χ4v) is 3.10. The standard InChI is InChI=1S/C13H12BrClF3NO/c14-11-7-9(15)1-2-10(11)12(20)19-5-3-8(4-6-19)13(16,17)18/h1-2,7-8H,3-6H2. The number of alkyl halides is 3. The Morgan fingerprint density at radius 3 is 2.40 bits per heavy atom. The van der Waals surface area contributed by atoms with Crippen LogP contribution >= 0.6 is 27.5 Å². The van der Waals surface area contributed by atoms with E-state index in [4.69, 9.17) is 11.6 Å². The number of piperidine rings is 1. The van der Waals surface area contributed by atoms with Crippen LogP contribution in [0.4, 0.5) is 13.2 Å². The van der Waals surface area contributed by atoms with Gasteiger partial charge in [0.15, 0.2) is 0 Å². The molecule has 2 nitrogen and oxygen atoms in total. The summed E-state index contributed by atoms with van der Waals surface area (Å²) in [5, 5.41) is 0.490. The summed E-state index contributed by atoms with van der Waals surface area (Å²) in [5.41, 5.74) is 0.417. The first-order valence-corrected chi connectivity index (χ1v) is 7.27. The van der Waals surface area contributed by atoms with E-state index in [0.717, 1.165) is 0 Å². The summed E-state index contributed by atoms with van der Waals surface area (Å²) in [6, 6.07) is 4.75. The zero-order valence-corrected chi connectivity index (χ0v) is 12.7. The number of benzene rings is 1. The normalized spacial score (nSPS) is 17.4. The highest BCUT2D eigenvalue weighted by atomic mass is 79.9. The van der Waals surface area contributed by atoms with E-state index in [1.54, 1.807) is 18.2 Å². The molecule has 1 heterocycles. The summed E-state index contributed by atoms with van der Waals surface area (Å²) in [5.74, 6) is -1.57. The van der Waals surface area contributed by atoms with Crippen LogP contribution in [-0.2, 0) is 0 Å². The molecular weight excluding hydrogens is 359 g/mol. The highest BCUT2D eigenvalue weighted by Crippen LogP contribution is 2.34. The molecule has 1 aromatic rings. The Labute approximate surface area is 128 Å². The highest BCUT2D eigenvalue weighted by Gasteiger charge is 2.41. The number of halogens is 5. The lowest BCUT2D eigenvalue weighted by Gasteiger charge is -2.33. The van der Waals surface area contributed by atoms with Gasteiger partial charge in [-0.25, -0.2) is 0 Å². The lowest BCUT2D eigenvalue weighted by molar-refractivity contribution is -0.183. The smallest absolute Gasteiger partial charge is 0.339 e. The lowest BCUT2D eigenvalue weighted by atomic mass is 9.96. The van der Waals surface area contributed by atoms with Gasteiger partial charge in [-0.3, -0.25) is 4.79 Å². The Hall–Kier alpha value is -0.750. The first kappa shape index (κ1) is 15.6. The minimum Gasteiger partial charge on any atom is -0.339 e. The van der Waals surface area contributed by atoms with Gasteiger partial charge >= 0.3 is 6.18 Å². The number of carbonyl (C=O) groups is 1. The maximum atomic E-state index is 12.6. The van der Waals surface area contributed by atoms with Crippen LogP contribution in [0.25, 0.3) is 0 Å². The van der Waals surface area contributed by atoms with E-state index in [9.17, 15) is 18.0 Å². The van der Waals surface area contributed by atoms with Gasteiger partial charge in [-0.1, -0.05) is 11.6 Å². The second kappa shape index (κ2) is 5.93. The van der Waals surface area contributed by atoms with E-state index in [2.05, 4.69) is 15.9 Å². The van der Waals surface area contributed by atoms with Crippen LogP contribution in [0.3, 0.4) is 0 Å². The van der Waals surface area contributed by atoms with Crippen LogP contribution in [0.2, 0.25) is 5.02 Å². The second-order valence-electron chi connectivity index (χ2n) is 4.73. The fourth-order valence-electron chi connectivity index (χ4n) is 2.24. The van der Waals surface area contributed by atoms with Crippen molar-refractivity contribution in [2.75, 3.05) is 13.1 Å². The van der Waals surface area contributed by atoms with Crippen molar-refractivity contribution in [3.8, 4) is 0 Å². The molecule has 0 atom stereocenters. The second-order valence-corrected chi connectivity index (χ2v) is 6.02. The Balaban J connectivity index is 2.05. The molecule has 20 heavy (non-hydrogen) atoms. The number of nitrogens with zero attached hydrogens (tertiary/aromatic N) is 1. The van der Waals surface area contributed by atoms with Gasteiger partial charge in [0.05, 0.1) is 11.5 Å². The summed E-state index contributed by atoms with van der Waals surface area (Å²) < 4.78 is 38.3. The first-order chi connectivity index (χ1) is 9.29. The quantitative estimate of drug-likeness (QED) is 0.712. The van der Waals surface area contributed by atoms with Crippen molar-refractivity contribution >= 4 is 33.4 Å². The minimum atomic E-state index is -4.17. The molecule has 0 bridgehead atoms. The molecule has 1 amide bonds. The Morgan fingerprint density at radius 2 is 1.90 bits per heavy atom. The van der Waals surface area contributed by atoms with Gasteiger partial charge in [-0.2, -0.15) is 13.2 Å². The molecule has 0 unspecified atom stereocenters. The zero-order valence-electron chi connectivity index (χ0n) is 10.4. The number of carbonyl (C=O) groups excluding carboxylic acids is 1. The number of hydrogen-bond acceptors (Lipinski definition) is 1. The van der Waals surface area contributed by atoms with E-state index < -0.39 is 12.1 Å². The van der Waals surface area contributed by atoms with Crippen LogP contribution in [0.15, 0.2) is 22.7 Å². The van der Waals surface area contributed by atoms with Gasteiger partial charge in [0.2, 0.25) is 0 Å². The average Bonchev–Trinajstić information content (AvgIpc) is 2.37. The van der Waals surface area contributed by atoms with Gasteiger partial charge in [0.1, 0.15) is 0 Å². The van der Waals surface area contributed by atoms with Crippen LogP contribution in [-0.4, -0.2) is 30.1 Å². The molecule has 0 radical (unpaired) electrons. The van der Waals surface area contributed by atoms with Crippen molar-refractivity contribution in [1.82, 2.24) is 4.90 Å². The van der Waals surface area contributed by atoms with Gasteiger partial charge in [-0.05, 0) is 47.0 Å². The molecule has 0 aliphatic carbocycles. The minimum absolute atomic E-state index is 0.0412. The highest BCUT2D eigenvalue weighted by molar-refractivity contribution is 9.10. The molecule has 0 aromatic heterocycles. The number of likely N-dealkylation sites (tertiary alicyclic amines) is 1. The molecule has 0 saturated carbocycles. The Morgan fingerprint density at radius 1 is 1.30 bits per heavy atom. The molecule has 1 aliphatic heterocycles. The van der Waals surface area contributed by atoms with Crippen molar-refractivity contribution in [1.29, 1.82) is 0 Å². The number of hydrogen-bond donors (Lipinski definition) is 0. The van der Waals surface area contributed by atoms with Crippen LogP contribution in [0.1, 0.15) is 23.2 Å². The molecule has 1 saturated heterocycles. The molecule has 1 aliphatic rings. The topological polar surface area (TPSA) is 20.3 Å². The van der Waals surface area contributed by atoms with Crippen LogP contribution in [0.5, 0.6) is 0 Å². The summed E-state index contributed by atoms with van der Waals surface area (Å²) in [4.78, 5) is 13.7. The zero-order chi connectivity index (χ0) is 14.9. The van der Waals surface area contributed by atoms with Crippen molar-refractivity contribution in [2.24, 2.45) is 5.92 Å². The van der Waals surface area contributed by atoms with Crippen LogP contribution in [0, 0.1) is 5.92 Å². The largest absolute Gasteiger partial charge is 0.391 e. The average molecular weight is 371 g/mol. The van der Waals surface area contributed by atoms with Crippen molar-refractivity contribution in [3.05, 3.63) is 33.3 Å². The predicted molar refractivity (Wildman–Crippen MR) is 73.8 cm³/mol. The van der Waals surface area contributed by atoms with Crippen molar-refractivity contribution in [2.45, 2.75) is 19.0 Å². The summed E-state index contributed by atoms with van der Waals surface area (Å²) in [7, 11) is 0. The van der Waals surface area contributed by atoms with Crippen LogP contribution < -0.4 is 0 Å². The molecule has 2 rings (SSSR count). The summed E-state index contributed by atoms with van der Waals surface area (Å²) >= 11 is 9.04. The predicted octanol–water partition coefficient (Wildman–Crippen LogP) is 4.52. The molecule has 0 spiro atoms. The first-order valence-electron chi connectivity index (χ1n) is 6.10. The number of amides is 1. The van der Waals surface area contributed by atoms with Gasteiger partial charge in [0.25, 0.3) is 5.91 Å². The fraction of sp³-hybridized carbons (Fsp3) is 0.462. The monoisotopic (exact) mass is 369 g/mol. The maximum Gasteiger partial charge on any atom is 0.391 e. The van der Waals surface area contributed by atoms with Crippen molar-refractivity contribution in [3.63, 3.8) is 0 Å².